The Hall–Kier alpha value is -1.64. The average Bonchev–Trinajstić information content (AvgIpc) is 2.80. The maximum atomic E-state index is 12.3. The zero-order valence-corrected chi connectivity index (χ0v) is 19.6. The number of likely N-dealkylation sites (tertiary alicyclic amines) is 1. The fourth-order valence-corrected chi connectivity index (χ4v) is 4.26. The van der Waals surface area contributed by atoms with Crippen LogP contribution in [0.2, 0.25) is 10.0 Å². The van der Waals surface area contributed by atoms with E-state index in [2.05, 4.69) is 15.5 Å². The Bertz CT molecular complexity index is 814. The van der Waals surface area contributed by atoms with Gasteiger partial charge in [-0.25, -0.2) is 0 Å². The molecular formula is C23H31Cl2N3O4. The van der Waals surface area contributed by atoms with Gasteiger partial charge < -0.3 is 25.4 Å². The van der Waals surface area contributed by atoms with E-state index < -0.39 is 18.2 Å². The highest BCUT2D eigenvalue weighted by atomic mass is 35.5. The summed E-state index contributed by atoms with van der Waals surface area (Å²) in [6.07, 6.45) is 6.69. The van der Waals surface area contributed by atoms with E-state index in [9.17, 15) is 14.7 Å². The van der Waals surface area contributed by atoms with Gasteiger partial charge >= 0.3 is 0 Å². The largest absolute Gasteiger partial charge is 0.394 e. The SMILES string of the molecule is O=C(C[C@@H]1C=C[C@@H](NC(=O)CCN2CCCCC2)[C@H](CO)O1)NCc1ccc(Cl)c(Cl)c1. The zero-order chi connectivity index (χ0) is 22.9. The maximum absolute atomic E-state index is 12.3. The van der Waals surface area contributed by atoms with E-state index in [0.717, 1.165) is 25.2 Å². The van der Waals surface area contributed by atoms with Gasteiger partial charge in [-0.3, -0.25) is 9.59 Å². The van der Waals surface area contributed by atoms with Gasteiger partial charge in [-0.15, -0.1) is 0 Å². The van der Waals surface area contributed by atoms with E-state index >= 15 is 0 Å². The molecule has 0 radical (unpaired) electrons. The minimum absolute atomic E-state index is 0.0647. The summed E-state index contributed by atoms with van der Waals surface area (Å²) < 4.78 is 5.84. The van der Waals surface area contributed by atoms with Gasteiger partial charge in [0.05, 0.1) is 35.2 Å². The molecule has 7 nitrogen and oxygen atoms in total. The first-order valence-electron chi connectivity index (χ1n) is 11.1. The van der Waals surface area contributed by atoms with Crippen LogP contribution in [0.25, 0.3) is 0 Å². The summed E-state index contributed by atoms with van der Waals surface area (Å²) in [5.74, 6) is -0.253. The maximum Gasteiger partial charge on any atom is 0.223 e. The topological polar surface area (TPSA) is 90.9 Å². The summed E-state index contributed by atoms with van der Waals surface area (Å²) in [5.41, 5.74) is 0.841. The minimum atomic E-state index is -0.591. The van der Waals surface area contributed by atoms with E-state index in [4.69, 9.17) is 27.9 Å². The second-order valence-electron chi connectivity index (χ2n) is 8.26. The number of piperidine rings is 1. The number of nitrogens with one attached hydrogen (secondary N) is 2. The zero-order valence-electron chi connectivity index (χ0n) is 18.1. The summed E-state index contributed by atoms with van der Waals surface area (Å²) in [6.45, 7) is 2.92. The average molecular weight is 484 g/mol. The monoisotopic (exact) mass is 483 g/mol. The van der Waals surface area contributed by atoms with E-state index in [1.54, 1.807) is 30.4 Å². The van der Waals surface area contributed by atoms with E-state index in [1.807, 2.05) is 0 Å². The van der Waals surface area contributed by atoms with Crippen molar-refractivity contribution < 1.29 is 19.4 Å². The lowest BCUT2D eigenvalue weighted by Gasteiger charge is -2.32. The molecule has 32 heavy (non-hydrogen) atoms. The van der Waals surface area contributed by atoms with Gasteiger partial charge in [0.2, 0.25) is 11.8 Å². The van der Waals surface area contributed by atoms with E-state index in [1.165, 1.54) is 19.3 Å². The first kappa shape index (κ1) is 25.0. The van der Waals surface area contributed by atoms with Crippen molar-refractivity contribution in [3.63, 3.8) is 0 Å². The van der Waals surface area contributed by atoms with Crippen LogP contribution in [0, 0.1) is 0 Å². The smallest absolute Gasteiger partial charge is 0.223 e. The molecule has 0 unspecified atom stereocenters. The summed E-state index contributed by atoms with van der Waals surface area (Å²) in [4.78, 5) is 27.0. The van der Waals surface area contributed by atoms with Crippen LogP contribution in [0.4, 0.5) is 0 Å². The third kappa shape index (κ3) is 7.74. The van der Waals surface area contributed by atoms with Gasteiger partial charge in [-0.1, -0.05) is 47.8 Å². The van der Waals surface area contributed by atoms with Crippen LogP contribution in [0.5, 0.6) is 0 Å². The number of rotatable bonds is 9. The third-order valence-electron chi connectivity index (χ3n) is 5.75. The molecule has 1 aromatic carbocycles. The highest BCUT2D eigenvalue weighted by molar-refractivity contribution is 6.42. The normalized spacial score (nSPS) is 23.7. The van der Waals surface area contributed by atoms with Crippen LogP contribution in [-0.4, -0.2) is 66.3 Å². The predicted octanol–water partition coefficient (Wildman–Crippen LogP) is 2.68. The van der Waals surface area contributed by atoms with Gasteiger partial charge in [-0.2, -0.15) is 0 Å². The molecular weight excluding hydrogens is 453 g/mol. The number of benzene rings is 1. The lowest BCUT2D eigenvalue weighted by atomic mass is 10.0. The second-order valence-corrected chi connectivity index (χ2v) is 9.07. The van der Waals surface area contributed by atoms with Crippen LogP contribution in [0.1, 0.15) is 37.7 Å². The quantitative estimate of drug-likeness (QED) is 0.469. The van der Waals surface area contributed by atoms with Crippen molar-refractivity contribution in [2.45, 2.75) is 56.9 Å². The summed E-state index contributed by atoms with van der Waals surface area (Å²) in [5, 5.41) is 16.4. The first-order chi connectivity index (χ1) is 15.4. The molecule has 3 N–H and O–H groups in total. The number of hydrogen-bond donors (Lipinski definition) is 3. The molecule has 2 heterocycles. The minimum Gasteiger partial charge on any atom is -0.394 e. The van der Waals surface area contributed by atoms with Crippen molar-refractivity contribution in [1.82, 2.24) is 15.5 Å². The molecule has 1 fully saturated rings. The summed E-state index contributed by atoms with van der Waals surface area (Å²) in [7, 11) is 0. The summed E-state index contributed by atoms with van der Waals surface area (Å²) >= 11 is 11.9. The summed E-state index contributed by atoms with van der Waals surface area (Å²) in [6, 6.07) is 4.78. The molecule has 3 atom stereocenters. The van der Waals surface area contributed by atoms with Crippen molar-refractivity contribution in [3.8, 4) is 0 Å². The molecule has 0 aromatic heterocycles. The van der Waals surface area contributed by atoms with Crippen LogP contribution in [0.15, 0.2) is 30.4 Å². The van der Waals surface area contributed by atoms with Gasteiger partial charge in [-0.05, 0) is 43.6 Å². The van der Waals surface area contributed by atoms with Gasteiger partial charge in [0.1, 0.15) is 6.10 Å². The van der Waals surface area contributed by atoms with Crippen molar-refractivity contribution in [2.24, 2.45) is 0 Å². The highest BCUT2D eigenvalue weighted by Gasteiger charge is 2.29. The van der Waals surface area contributed by atoms with Crippen LogP contribution < -0.4 is 10.6 Å². The van der Waals surface area contributed by atoms with E-state index in [-0.39, 0.29) is 24.8 Å². The third-order valence-corrected chi connectivity index (χ3v) is 6.49. The molecule has 1 saturated heterocycles. The Morgan fingerprint density at radius 3 is 2.59 bits per heavy atom. The van der Waals surface area contributed by atoms with Crippen LogP contribution in [-0.2, 0) is 20.9 Å². The van der Waals surface area contributed by atoms with Crippen molar-refractivity contribution in [1.29, 1.82) is 0 Å². The molecule has 0 spiro atoms. The van der Waals surface area contributed by atoms with E-state index in [0.29, 0.717) is 23.0 Å². The fraction of sp³-hybridized carbons (Fsp3) is 0.565. The number of carbonyl (C=O) groups is 2. The highest BCUT2D eigenvalue weighted by Crippen LogP contribution is 2.22. The Kier molecular flexibility index (Phi) is 9.81. The Morgan fingerprint density at radius 2 is 1.88 bits per heavy atom. The van der Waals surface area contributed by atoms with Crippen LogP contribution >= 0.6 is 23.2 Å². The van der Waals surface area contributed by atoms with Gasteiger partial charge in [0.25, 0.3) is 0 Å². The molecule has 0 saturated carbocycles. The lowest BCUT2D eigenvalue weighted by molar-refractivity contribution is -0.128. The lowest BCUT2D eigenvalue weighted by Crippen LogP contribution is -2.49. The Labute approximate surface area is 199 Å². The number of halogens is 2. The molecule has 2 amide bonds. The number of carbonyl (C=O) groups excluding carboxylic acids is 2. The number of amides is 2. The molecule has 0 bridgehead atoms. The number of aliphatic hydroxyl groups is 1. The second kappa shape index (κ2) is 12.6. The Balaban J connectivity index is 1.42. The predicted molar refractivity (Wildman–Crippen MR) is 125 cm³/mol. The molecule has 9 heteroatoms. The van der Waals surface area contributed by atoms with Crippen molar-refractivity contribution >= 4 is 35.0 Å². The van der Waals surface area contributed by atoms with Gasteiger partial charge in [0, 0.05) is 19.5 Å². The number of ether oxygens (including phenoxy) is 1. The van der Waals surface area contributed by atoms with Gasteiger partial charge in [0.15, 0.2) is 0 Å². The molecule has 2 aliphatic heterocycles. The first-order valence-corrected chi connectivity index (χ1v) is 11.9. The number of nitrogens with zero attached hydrogens (tertiary/aromatic N) is 1. The molecule has 2 aliphatic rings. The number of hydrogen-bond acceptors (Lipinski definition) is 5. The van der Waals surface area contributed by atoms with Crippen LogP contribution in [0.3, 0.4) is 0 Å². The molecule has 1 aromatic rings. The molecule has 3 rings (SSSR count). The van der Waals surface area contributed by atoms with Crippen molar-refractivity contribution in [2.75, 3.05) is 26.2 Å². The Morgan fingerprint density at radius 1 is 1.09 bits per heavy atom. The molecule has 0 aliphatic carbocycles. The number of aliphatic hydroxyl groups excluding tert-OH is 1. The fourth-order valence-electron chi connectivity index (χ4n) is 3.94. The van der Waals surface area contributed by atoms with Crippen molar-refractivity contribution in [3.05, 3.63) is 46.0 Å². The standard InChI is InChI=1S/C23H31Cl2N3O4/c24-18-6-4-16(12-19(18)25)14-26-23(31)13-17-5-7-20(21(15-29)32-17)27-22(30)8-11-28-9-2-1-3-10-28/h4-7,12,17,20-21,29H,1-3,8-11,13-15H2,(H,26,31)(H,27,30)/t17-,20+,21-/m0/s1. The molecule has 176 valence electrons.